The Morgan fingerprint density at radius 2 is 1.75 bits per heavy atom. The summed E-state index contributed by atoms with van der Waals surface area (Å²) < 4.78 is 41.5. The van der Waals surface area contributed by atoms with Crippen molar-refractivity contribution >= 4 is 0 Å². The van der Waals surface area contributed by atoms with Crippen LogP contribution in [0.4, 0.5) is 13.2 Å². The van der Waals surface area contributed by atoms with Crippen LogP contribution in [-0.2, 0) is 0 Å². The van der Waals surface area contributed by atoms with Crippen LogP contribution in [0.25, 0.3) is 0 Å². The van der Waals surface area contributed by atoms with Crippen LogP contribution < -0.4 is 10.5 Å². The van der Waals surface area contributed by atoms with Gasteiger partial charge < -0.3 is 10.5 Å². The van der Waals surface area contributed by atoms with Gasteiger partial charge in [0.15, 0.2) is 0 Å². The molecular formula is C15H20F3NO. The second-order valence-corrected chi connectivity index (χ2v) is 5.78. The molecule has 20 heavy (non-hydrogen) atoms. The summed E-state index contributed by atoms with van der Waals surface area (Å²) in [5.74, 6) is -0.181. The highest BCUT2D eigenvalue weighted by atomic mass is 19.4. The molecule has 1 atom stereocenters. The van der Waals surface area contributed by atoms with Crippen LogP contribution in [0.15, 0.2) is 24.3 Å². The first kappa shape index (κ1) is 15.2. The summed E-state index contributed by atoms with van der Waals surface area (Å²) in [4.78, 5) is 0. The zero-order valence-corrected chi connectivity index (χ0v) is 11.5. The number of hydrogen-bond acceptors (Lipinski definition) is 2. The summed E-state index contributed by atoms with van der Waals surface area (Å²) in [6.45, 7) is 2.06. The van der Waals surface area contributed by atoms with Crippen molar-refractivity contribution in [2.24, 2.45) is 11.1 Å². The molecule has 2 nitrogen and oxygen atoms in total. The molecule has 1 aliphatic rings. The predicted octanol–water partition coefficient (Wildman–Crippen LogP) is 4.56. The molecule has 0 radical (unpaired) electrons. The van der Waals surface area contributed by atoms with E-state index in [1.807, 2.05) is 0 Å². The summed E-state index contributed by atoms with van der Waals surface area (Å²) in [5.41, 5.74) is 6.55. The van der Waals surface area contributed by atoms with Gasteiger partial charge in [0.2, 0.25) is 0 Å². The first-order valence-electron chi connectivity index (χ1n) is 6.92. The molecule has 1 unspecified atom stereocenters. The average molecular weight is 287 g/mol. The van der Waals surface area contributed by atoms with Gasteiger partial charge in [-0.1, -0.05) is 44.4 Å². The van der Waals surface area contributed by atoms with E-state index in [1.54, 1.807) is 12.1 Å². The van der Waals surface area contributed by atoms with E-state index in [0.717, 1.165) is 25.7 Å². The van der Waals surface area contributed by atoms with Crippen LogP contribution in [0.1, 0.15) is 50.6 Å². The zero-order chi connectivity index (χ0) is 14.8. The van der Waals surface area contributed by atoms with Gasteiger partial charge in [-0.15, -0.1) is 13.2 Å². The minimum absolute atomic E-state index is 0.163. The van der Waals surface area contributed by atoms with Crippen molar-refractivity contribution in [1.82, 2.24) is 0 Å². The number of benzene rings is 1. The average Bonchev–Trinajstić information content (AvgIpc) is 2.37. The summed E-state index contributed by atoms with van der Waals surface area (Å²) in [6.07, 6.45) is 0.508. The monoisotopic (exact) mass is 287 g/mol. The lowest BCUT2D eigenvalue weighted by atomic mass is 9.69. The van der Waals surface area contributed by atoms with Gasteiger partial charge in [-0.05, 0) is 24.3 Å². The molecule has 2 rings (SSSR count). The van der Waals surface area contributed by atoms with Crippen LogP contribution in [0.2, 0.25) is 0 Å². The van der Waals surface area contributed by atoms with E-state index in [2.05, 4.69) is 11.7 Å². The lowest BCUT2D eigenvalue weighted by molar-refractivity contribution is -0.275. The number of hydrogen-bond donors (Lipinski definition) is 1. The van der Waals surface area contributed by atoms with E-state index in [0.29, 0.717) is 5.56 Å². The van der Waals surface area contributed by atoms with E-state index in [1.165, 1.54) is 18.6 Å². The fraction of sp³-hybridized carbons (Fsp3) is 0.600. The Bertz CT molecular complexity index is 453. The zero-order valence-electron chi connectivity index (χ0n) is 11.5. The van der Waals surface area contributed by atoms with Gasteiger partial charge in [0.25, 0.3) is 0 Å². The van der Waals surface area contributed by atoms with E-state index >= 15 is 0 Å². The third-order valence-corrected chi connectivity index (χ3v) is 4.23. The summed E-state index contributed by atoms with van der Waals surface area (Å²) in [6, 6.07) is 5.74. The number of alkyl halides is 3. The first-order valence-corrected chi connectivity index (χ1v) is 6.92. The fourth-order valence-corrected chi connectivity index (χ4v) is 3.00. The summed E-state index contributed by atoms with van der Waals surface area (Å²) in [7, 11) is 0. The Labute approximate surface area is 117 Å². The molecular weight excluding hydrogens is 267 g/mol. The molecule has 0 heterocycles. The van der Waals surface area contributed by atoms with Crippen molar-refractivity contribution < 1.29 is 17.9 Å². The maximum absolute atomic E-state index is 12.5. The molecule has 0 aromatic heterocycles. The number of ether oxygens (including phenoxy) is 1. The topological polar surface area (TPSA) is 35.2 Å². The normalized spacial score (nSPS) is 20.4. The van der Waals surface area contributed by atoms with E-state index in [9.17, 15) is 13.2 Å². The molecule has 0 spiro atoms. The highest BCUT2D eigenvalue weighted by Gasteiger charge is 2.38. The highest BCUT2D eigenvalue weighted by molar-refractivity contribution is 5.37. The lowest BCUT2D eigenvalue weighted by Crippen LogP contribution is -2.34. The fourth-order valence-electron chi connectivity index (χ4n) is 3.00. The first-order chi connectivity index (χ1) is 9.32. The van der Waals surface area contributed by atoms with Gasteiger partial charge in [-0.25, -0.2) is 0 Å². The molecule has 1 aromatic carbocycles. The second kappa shape index (κ2) is 5.64. The minimum Gasteiger partial charge on any atom is -0.405 e. The van der Waals surface area contributed by atoms with Crippen LogP contribution >= 0.6 is 0 Å². The lowest BCUT2D eigenvalue weighted by Gasteiger charge is -2.39. The van der Waals surface area contributed by atoms with Crippen LogP contribution in [0.3, 0.4) is 0 Å². The van der Waals surface area contributed by atoms with Crippen molar-refractivity contribution in [3.05, 3.63) is 29.8 Å². The van der Waals surface area contributed by atoms with Crippen molar-refractivity contribution in [3.63, 3.8) is 0 Å². The Hall–Kier alpha value is -1.23. The molecule has 112 valence electrons. The quantitative estimate of drug-likeness (QED) is 0.884. The van der Waals surface area contributed by atoms with Gasteiger partial charge in [-0.2, -0.15) is 0 Å². The molecule has 1 aliphatic carbocycles. The van der Waals surface area contributed by atoms with Crippen LogP contribution in [0.5, 0.6) is 5.75 Å². The number of rotatable bonds is 3. The van der Waals surface area contributed by atoms with Crippen molar-refractivity contribution in [2.45, 2.75) is 51.4 Å². The maximum atomic E-state index is 12.5. The third-order valence-electron chi connectivity index (χ3n) is 4.23. The predicted molar refractivity (Wildman–Crippen MR) is 71.2 cm³/mol. The summed E-state index contributed by atoms with van der Waals surface area (Å²) >= 11 is 0. The molecule has 1 fully saturated rings. The van der Waals surface area contributed by atoms with E-state index in [-0.39, 0.29) is 11.2 Å². The van der Waals surface area contributed by atoms with E-state index < -0.39 is 12.4 Å². The molecule has 1 saturated carbocycles. The molecule has 2 N–H and O–H groups in total. The molecule has 0 aliphatic heterocycles. The van der Waals surface area contributed by atoms with Gasteiger partial charge >= 0.3 is 6.36 Å². The molecule has 5 heteroatoms. The third kappa shape index (κ3) is 3.45. The minimum atomic E-state index is -4.69. The van der Waals surface area contributed by atoms with Gasteiger partial charge in [0.05, 0.1) is 0 Å². The number of nitrogens with two attached hydrogens (primary N) is 1. The van der Waals surface area contributed by atoms with Crippen molar-refractivity contribution in [3.8, 4) is 5.75 Å². The Morgan fingerprint density at radius 3 is 2.35 bits per heavy atom. The highest BCUT2D eigenvalue weighted by Crippen LogP contribution is 2.46. The van der Waals surface area contributed by atoms with Gasteiger partial charge in [0.1, 0.15) is 5.75 Å². The molecule has 1 aromatic rings. The molecule has 0 saturated heterocycles. The van der Waals surface area contributed by atoms with Crippen LogP contribution in [-0.4, -0.2) is 6.36 Å². The SMILES string of the molecule is CC1(C(N)c2ccccc2OC(F)(F)F)CCCCC1. The van der Waals surface area contributed by atoms with Crippen LogP contribution in [0, 0.1) is 5.41 Å². The molecule has 0 bridgehead atoms. The Morgan fingerprint density at radius 1 is 1.15 bits per heavy atom. The maximum Gasteiger partial charge on any atom is 0.573 e. The standard InChI is InChI=1S/C15H20F3NO/c1-14(9-5-2-6-10-14)13(19)11-7-3-4-8-12(11)20-15(16,17)18/h3-4,7-8,13H,2,5-6,9-10,19H2,1H3. The number of para-hydroxylation sites is 1. The van der Waals surface area contributed by atoms with Crippen molar-refractivity contribution in [2.75, 3.05) is 0 Å². The van der Waals surface area contributed by atoms with E-state index in [4.69, 9.17) is 5.73 Å². The second-order valence-electron chi connectivity index (χ2n) is 5.78. The largest absolute Gasteiger partial charge is 0.573 e. The summed E-state index contributed by atoms with van der Waals surface area (Å²) in [5, 5.41) is 0. The van der Waals surface area contributed by atoms with Gasteiger partial charge in [0, 0.05) is 11.6 Å². The Kier molecular flexibility index (Phi) is 4.28. The smallest absolute Gasteiger partial charge is 0.405 e. The Balaban J connectivity index is 2.27. The van der Waals surface area contributed by atoms with Gasteiger partial charge in [-0.3, -0.25) is 0 Å². The molecule has 0 amide bonds. The van der Waals surface area contributed by atoms with Crippen molar-refractivity contribution in [1.29, 1.82) is 0 Å². The number of halogens is 3.